The van der Waals surface area contributed by atoms with Crippen molar-refractivity contribution in [3.63, 3.8) is 0 Å². The molecule has 0 saturated carbocycles. The molecule has 0 radical (unpaired) electrons. The van der Waals surface area contributed by atoms with Crippen LogP contribution in [0.4, 0.5) is 0 Å². The van der Waals surface area contributed by atoms with Crippen LogP contribution in [0.5, 0.6) is 0 Å². The van der Waals surface area contributed by atoms with Gasteiger partial charge in [-0.3, -0.25) is 14.4 Å². The summed E-state index contributed by atoms with van der Waals surface area (Å²) in [7, 11) is 1.65. The van der Waals surface area contributed by atoms with Crippen molar-refractivity contribution in [1.82, 2.24) is 4.90 Å². The van der Waals surface area contributed by atoms with Gasteiger partial charge in [0.05, 0.1) is 0 Å². The fraction of sp³-hybridized carbons (Fsp3) is 0.0800. The van der Waals surface area contributed by atoms with Gasteiger partial charge < -0.3 is 4.74 Å². The summed E-state index contributed by atoms with van der Waals surface area (Å²) in [4.78, 5) is 36.9. The van der Waals surface area contributed by atoms with Crippen molar-refractivity contribution in [3.8, 4) is 0 Å². The van der Waals surface area contributed by atoms with Crippen LogP contribution in [0.25, 0.3) is 0 Å². The maximum atomic E-state index is 12.7. The molecule has 1 aliphatic rings. The van der Waals surface area contributed by atoms with E-state index in [-0.39, 0.29) is 5.56 Å². The molecule has 1 aliphatic heterocycles. The Morgan fingerprint density at radius 1 is 0.700 bits per heavy atom. The van der Waals surface area contributed by atoms with Gasteiger partial charge in [-0.2, -0.15) is 0 Å². The van der Waals surface area contributed by atoms with Crippen LogP contribution < -0.4 is 0 Å². The molecule has 0 fully saturated rings. The molecule has 3 amide bonds. The molecule has 1 heterocycles. The molecule has 4 rings (SSSR count). The summed E-state index contributed by atoms with van der Waals surface area (Å²) in [5, 5.41) is 0. The average Bonchev–Trinajstić information content (AvgIpc) is 3.14. The molecule has 3 aromatic rings. The fourth-order valence-corrected chi connectivity index (χ4v) is 3.78. The number of nitrogens with zero attached hydrogens (tertiary/aromatic N) is 1. The number of hydrogen-bond donors (Lipinski definition) is 0. The Kier molecular flexibility index (Phi) is 5.12. The van der Waals surface area contributed by atoms with E-state index in [4.69, 9.17) is 4.74 Å². The molecule has 0 unspecified atom stereocenters. The Balaban J connectivity index is 1.78. The van der Waals surface area contributed by atoms with Gasteiger partial charge in [0.25, 0.3) is 17.7 Å². The van der Waals surface area contributed by atoms with E-state index < -0.39 is 23.3 Å². The molecule has 30 heavy (non-hydrogen) atoms. The van der Waals surface area contributed by atoms with E-state index in [1.165, 1.54) is 0 Å². The molecule has 148 valence electrons. The first kappa shape index (κ1) is 19.5. The zero-order valence-electron chi connectivity index (χ0n) is 16.3. The van der Waals surface area contributed by atoms with Crippen molar-refractivity contribution >= 4 is 17.7 Å². The Morgan fingerprint density at radius 2 is 1.13 bits per heavy atom. The van der Waals surface area contributed by atoms with Gasteiger partial charge in [0.2, 0.25) is 0 Å². The van der Waals surface area contributed by atoms with E-state index in [2.05, 4.69) is 0 Å². The Morgan fingerprint density at radius 3 is 1.57 bits per heavy atom. The highest BCUT2D eigenvalue weighted by Gasteiger charge is 2.37. The van der Waals surface area contributed by atoms with Crippen LogP contribution in [0.2, 0.25) is 0 Å². The summed E-state index contributed by atoms with van der Waals surface area (Å²) in [6, 6.07) is 26.4. The van der Waals surface area contributed by atoms with Crippen molar-refractivity contribution in [2.45, 2.75) is 5.60 Å². The summed E-state index contributed by atoms with van der Waals surface area (Å²) in [6.07, 6.45) is 2.19. The van der Waals surface area contributed by atoms with Crippen molar-refractivity contribution in [1.29, 1.82) is 0 Å². The van der Waals surface area contributed by atoms with Crippen LogP contribution in [0.15, 0.2) is 97.1 Å². The third-order valence-corrected chi connectivity index (χ3v) is 5.22. The van der Waals surface area contributed by atoms with Gasteiger partial charge in [0, 0.05) is 24.8 Å². The van der Waals surface area contributed by atoms with Gasteiger partial charge in [-0.15, -0.1) is 0 Å². The van der Waals surface area contributed by atoms with Crippen molar-refractivity contribution in [2.24, 2.45) is 0 Å². The minimum absolute atomic E-state index is 0.246. The van der Waals surface area contributed by atoms with Crippen molar-refractivity contribution in [2.75, 3.05) is 7.11 Å². The van der Waals surface area contributed by atoms with Gasteiger partial charge >= 0.3 is 0 Å². The number of hydrogen-bond acceptors (Lipinski definition) is 4. The van der Waals surface area contributed by atoms with Crippen molar-refractivity contribution in [3.05, 3.63) is 119 Å². The van der Waals surface area contributed by atoms with Gasteiger partial charge in [-0.05, 0) is 28.8 Å². The van der Waals surface area contributed by atoms with Crippen LogP contribution >= 0.6 is 0 Å². The molecule has 0 N–H and O–H groups in total. The maximum absolute atomic E-state index is 12.7. The van der Waals surface area contributed by atoms with Crippen LogP contribution in [-0.2, 0) is 19.9 Å². The molecule has 0 saturated heterocycles. The number of imide groups is 3. The van der Waals surface area contributed by atoms with Crippen LogP contribution in [0.3, 0.4) is 0 Å². The third-order valence-electron chi connectivity index (χ3n) is 5.22. The number of ether oxygens (including phenoxy) is 1. The average molecular weight is 397 g/mol. The number of carbonyl (C=O) groups excluding carboxylic acids is 3. The second-order valence-corrected chi connectivity index (χ2v) is 6.85. The zero-order valence-corrected chi connectivity index (χ0v) is 16.3. The molecule has 0 atom stereocenters. The van der Waals surface area contributed by atoms with Gasteiger partial charge in [0.15, 0.2) is 0 Å². The lowest BCUT2D eigenvalue weighted by atomic mass is 9.80. The van der Waals surface area contributed by atoms with Gasteiger partial charge in [-0.25, -0.2) is 4.90 Å². The van der Waals surface area contributed by atoms with Crippen LogP contribution in [-0.4, -0.2) is 29.7 Å². The summed E-state index contributed by atoms with van der Waals surface area (Å²) in [5.41, 5.74) is 2.05. The highest BCUT2D eigenvalue weighted by Crippen LogP contribution is 2.39. The maximum Gasteiger partial charge on any atom is 0.267 e. The first-order valence-corrected chi connectivity index (χ1v) is 9.45. The van der Waals surface area contributed by atoms with Crippen LogP contribution in [0.1, 0.15) is 27.0 Å². The molecule has 0 aromatic heterocycles. The molecule has 5 nitrogen and oxygen atoms in total. The third kappa shape index (κ3) is 3.15. The lowest BCUT2D eigenvalue weighted by molar-refractivity contribution is -0.133. The summed E-state index contributed by atoms with van der Waals surface area (Å²) >= 11 is 0. The predicted molar refractivity (Wildman–Crippen MR) is 112 cm³/mol. The molecule has 0 aliphatic carbocycles. The first-order valence-electron chi connectivity index (χ1n) is 9.45. The lowest BCUT2D eigenvalue weighted by Crippen LogP contribution is -2.36. The van der Waals surface area contributed by atoms with Gasteiger partial charge in [-0.1, -0.05) is 72.8 Å². The van der Waals surface area contributed by atoms with E-state index in [9.17, 15) is 14.4 Å². The molecular weight excluding hydrogens is 378 g/mol. The van der Waals surface area contributed by atoms with E-state index in [1.807, 2.05) is 60.7 Å². The molecule has 0 bridgehead atoms. The monoisotopic (exact) mass is 397 g/mol. The molecule has 3 aromatic carbocycles. The summed E-state index contributed by atoms with van der Waals surface area (Å²) in [5.74, 6) is -1.91. The first-order chi connectivity index (χ1) is 14.6. The summed E-state index contributed by atoms with van der Waals surface area (Å²) in [6.45, 7) is 0. The quantitative estimate of drug-likeness (QED) is 0.487. The Bertz CT molecular complexity index is 1060. The SMILES string of the molecule is COC(c1ccccc1)(c1ccccc1)c1ccc(C(=O)N2C(=O)C=CC2=O)cc1. The largest absolute Gasteiger partial charge is 0.364 e. The minimum atomic E-state index is -0.884. The highest BCUT2D eigenvalue weighted by atomic mass is 16.5. The van der Waals surface area contributed by atoms with Crippen molar-refractivity contribution < 1.29 is 19.1 Å². The molecule has 0 spiro atoms. The van der Waals surface area contributed by atoms with E-state index >= 15 is 0 Å². The lowest BCUT2D eigenvalue weighted by Gasteiger charge is -2.34. The normalized spacial score (nSPS) is 13.7. The minimum Gasteiger partial charge on any atom is -0.364 e. The molecule has 5 heteroatoms. The van der Waals surface area contributed by atoms with Gasteiger partial charge in [0.1, 0.15) is 5.60 Å². The number of amides is 3. The van der Waals surface area contributed by atoms with E-state index in [1.54, 1.807) is 31.4 Å². The van der Waals surface area contributed by atoms with E-state index in [0.29, 0.717) is 4.90 Å². The van der Waals surface area contributed by atoms with E-state index in [0.717, 1.165) is 28.8 Å². The highest BCUT2D eigenvalue weighted by molar-refractivity contribution is 6.25. The standard InChI is InChI=1S/C25H19NO4/c1-30-25(19-8-4-2-5-9-19,20-10-6-3-7-11-20)21-14-12-18(13-15-21)24(29)26-22(27)16-17-23(26)28/h2-17H,1H3. The smallest absolute Gasteiger partial charge is 0.267 e. The predicted octanol–water partition coefficient (Wildman–Crippen LogP) is 3.69. The van der Waals surface area contributed by atoms with Crippen LogP contribution in [0, 0.1) is 0 Å². The number of benzene rings is 3. The Labute approximate surface area is 174 Å². The summed E-state index contributed by atoms with van der Waals surface area (Å²) < 4.78 is 6.12. The Hall–Kier alpha value is -3.83. The number of carbonyl (C=O) groups is 3. The number of methoxy groups -OCH3 is 1. The number of rotatable bonds is 5. The zero-order chi connectivity index (χ0) is 21.1. The second kappa shape index (κ2) is 7.89. The second-order valence-electron chi connectivity index (χ2n) is 6.85. The topological polar surface area (TPSA) is 63.7 Å². The fourth-order valence-electron chi connectivity index (χ4n) is 3.78. The molecular formula is C25H19NO4.